The standard InChI is InChI=1S/C10H11IO2/c1-7-5-9(11)3-4-10(7)13-6-8(2)12/h3-5H,6H2,1-2H3. The lowest BCUT2D eigenvalue weighted by atomic mass is 10.2. The van der Waals surface area contributed by atoms with Gasteiger partial charge in [0.15, 0.2) is 5.78 Å². The molecule has 3 heteroatoms. The van der Waals surface area contributed by atoms with Gasteiger partial charge >= 0.3 is 0 Å². The number of ketones is 1. The van der Waals surface area contributed by atoms with Crippen molar-refractivity contribution in [2.24, 2.45) is 0 Å². The van der Waals surface area contributed by atoms with Gasteiger partial charge in [0.1, 0.15) is 12.4 Å². The Labute approximate surface area is 91.4 Å². The average Bonchev–Trinajstić information content (AvgIpc) is 2.02. The molecule has 1 aromatic rings. The quantitative estimate of drug-likeness (QED) is 0.800. The van der Waals surface area contributed by atoms with E-state index in [0.717, 1.165) is 11.3 Å². The molecule has 0 fully saturated rings. The topological polar surface area (TPSA) is 26.3 Å². The first kappa shape index (κ1) is 10.5. The molecular formula is C10H11IO2. The third-order valence-corrected chi connectivity index (χ3v) is 2.24. The van der Waals surface area contributed by atoms with E-state index in [9.17, 15) is 4.79 Å². The predicted molar refractivity (Wildman–Crippen MR) is 60.1 cm³/mol. The van der Waals surface area contributed by atoms with Crippen molar-refractivity contribution in [2.45, 2.75) is 13.8 Å². The van der Waals surface area contributed by atoms with Gasteiger partial charge in [-0.25, -0.2) is 0 Å². The Morgan fingerprint density at radius 1 is 1.54 bits per heavy atom. The van der Waals surface area contributed by atoms with E-state index in [1.807, 2.05) is 25.1 Å². The van der Waals surface area contributed by atoms with Gasteiger partial charge in [-0.1, -0.05) is 0 Å². The second kappa shape index (κ2) is 4.60. The van der Waals surface area contributed by atoms with Gasteiger partial charge in [0.2, 0.25) is 0 Å². The summed E-state index contributed by atoms with van der Waals surface area (Å²) in [4.78, 5) is 10.7. The molecule has 0 aromatic heterocycles. The number of rotatable bonds is 3. The maximum absolute atomic E-state index is 10.7. The van der Waals surface area contributed by atoms with Gasteiger partial charge in [-0.05, 0) is 60.2 Å². The average molecular weight is 290 g/mol. The zero-order valence-electron chi connectivity index (χ0n) is 7.63. The second-order valence-electron chi connectivity index (χ2n) is 2.90. The highest BCUT2D eigenvalue weighted by Crippen LogP contribution is 2.19. The van der Waals surface area contributed by atoms with Crippen LogP contribution in [0.5, 0.6) is 5.75 Å². The lowest BCUT2D eigenvalue weighted by molar-refractivity contribution is -0.118. The van der Waals surface area contributed by atoms with Crippen LogP contribution in [0.1, 0.15) is 12.5 Å². The summed E-state index contributed by atoms with van der Waals surface area (Å²) in [7, 11) is 0. The van der Waals surface area contributed by atoms with E-state index in [-0.39, 0.29) is 12.4 Å². The monoisotopic (exact) mass is 290 g/mol. The minimum Gasteiger partial charge on any atom is -0.486 e. The highest BCUT2D eigenvalue weighted by molar-refractivity contribution is 14.1. The van der Waals surface area contributed by atoms with Crippen LogP contribution >= 0.6 is 22.6 Å². The summed E-state index contributed by atoms with van der Waals surface area (Å²) in [5.41, 5.74) is 1.06. The lowest BCUT2D eigenvalue weighted by Gasteiger charge is -2.06. The fraction of sp³-hybridized carbons (Fsp3) is 0.300. The van der Waals surface area contributed by atoms with Crippen LogP contribution in [-0.4, -0.2) is 12.4 Å². The van der Waals surface area contributed by atoms with Crippen LogP contribution in [0.15, 0.2) is 18.2 Å². The molecule has 0 N–H and O–H groups in total. The van der Waals surface area contributed by atoms with Crippen LogP contribution in [0, 0.1) is 10.5 Å². The molecule has 1 rings (SSSR count). The van der Waals surface area contributed by atoms with Gasteiger partial charge in [0.25, 0.3) is 0 Å². The van der Waals surface area contributed by atoms with Gasteiger partial charge in [-0.2, -0.15) is 0 Å². The summed E-state index contributed by atoms with van der Waals surface area (Å²) in [5, 5.41) is 0. The molecule has 0 aliphatic carbocycles. The highest BCUT2D eigenvalue weighted by atomic mass is 127. The van der Waals surface area contributed by atoms with Crippen molar-refractivity contribution >= 4 is 28.4 Å². The predicted octanol–water partition coefficient (Wildman–Crippen LogP) is 2.57. The summed E-state index contributed by atoms with van der Waals surface area (Å²) in [5.74, 6) is 0.827. The first-order valence-corrected chi connectivity index (χ1v) is 5.06. The van der Waals surface area contributed by atoms with Crippen LogP contribution in [0.25, 0.3) is 0 Å². The van der Waals surface area contributed by atoms with Crippen molar-refractivity contribution in [3.05, 3.63) is 27.3 Å². The Balaban J connectivity index is 2.72. The van der Waals surface area contributed by atoms with Crippen LogP contribution in [0.4, 0.5) is 0 Å². The fourth-order valence-electron chi connectivity index (χ4n) is 0.954. The van der Waals surface area contributed by atoms with Gasteiger partial charge in [0.05, 0.1) is 0 Å². The molecule has 0 radical (unpaired) electrons. The Kier molecular flexibility index (Phi) is 3.71. The van der Waals surface area contributed by atoms with E-state index in [1.165, 1.54) is 10.5 Å². The number of Topliss-reactive ketones (excluding diaryl/α,β-unsaturated/α-hetero) is 1. The third-order valence-electron chi connectivity index (χ3n) is 1.57. The number of carbonyl (C=O) groups excluding carboxylic acids is 1. The van der Waals surface area contributed by atoms with E-state index in [0.29, 0.717) is 0 Å². The molecule has 1 aromatic carbocycles. The van der Waals surface area contributed by atoms with Crippen LogP contribution in [0.2, 0.25) is 0 Å². The SMILES string of the molecule is CC(=O)COc1ccc(I)cc1C. The molecule has 0 bridgehead atoms. The molecule has 0 amide bonds. The Hall–Kier alpha value is -0.580. The lowest BCUT2D eigenvalue weighted by Crippen LogP contribution is -2.07. The third kappa shape index (κ3) is 3.34. The van der Waals surface area contributed by atoms with E-state index < -0.39 is 0 Å². The normalized spacial score (nSPS) is 9.77. The number of halogens is 1. The van der Waals surface area contributed by atoms with Gasteiger partial charge in [0, 0.05) is 3.57 Å². The molecule has 13 heavy (non-hydrogen) atoms. The minimum absolute atomic E-state index is 0.0398. The van der Waals surface area contributed by atoms with Gasteiger partial charge < -0.3 is 4.74 Å². The zero-order valence-corrected chi connectivity index (χ0v) is 9.79. The summed E-state index contributed by atoms with van der Waals surface area (Å²) >= 11 is 2.24. The zero-order chi connectivity index (χ0) is 9.84. The van der Waals surface area contributed by atoms with Crippen LogP contribution in [0.3, 0.4) is 0 Å². The van der Waals surface area contributed by atoms with Gasteiger partial charge in [-0.15, -0.1) is 0 Å². The summed E-state index contributed by atoms with van der Waals surface area (Å²) in [6.45, 7) is 3.64. The summed E-state index contributed by atoms with van der Waals surface area (Å²) in [6.07, 6.45) is 0. The highest BCUT2D eigenvalue weighted by Gasteiger charge is 2.00. The molecule has 0 aliphatic heterocycles. The molecule has 0 heterocycles. The summed E-state index contributed by atoms with van der Waals surface area (Å²) in [6, 6.07) is 5.87. The van der Waals surface area contributed by atoms with Gasteiger partial charge in [-0.3, -0.25) is 4.79 Å². The van der Waals surface area contributed by atoms with Crippen molar-refractivity contribution in [3.8, 4) is 5.75 Å². The molecule has 0 saturated heterocycles. The van der Waals surface area contributed by atoms with Crippen molar-refractivity contribution in [3.63, 3.8) is 0 Å². The maximum atomic E-state index is 10.7. The molecule has 0 atom stereocenters. The van der Waals surface area contributed by atoms with E-state index >= 15 is 0 Å². The Morgan fingerprint density at radius 3 is 2.77 bits per heavy atom. The molecule has 2 nitrogen and oxygen atoms in total. The fourth-order valence-corrected chi connectivity index (χ4v) is 1.60. The van der Waals surface area contributed by atoms with Crippen LogP contribution in [-0.2, 0) is 4.79 Å². The second-order valence-corrected chi connectivity index (χ2v) is 4.15. The smallest absolute Gasteiger partial charge is 0.167 e. The largest absolute Gasteiger partial charge is 0.486 e. The van der Waals surface area contributed by atoms with Crippen molar-refractivity contribution < 1.29 is 9.53 Å². The first-order valence-electron chi connectivity index (χ1n) is 3.98. The Bertz CT molecular complexity index is 321. The van der Waals surface area contributed by atoms with E-state index in [2.05, 4.69) is 22.6 Å². The molecular weight excluding hydrogens is 279 g/mol. The molecule has 0 spiro atoms. The van der Waals surface area contributed by atoms with Crippen molar-refractivity contribution in [1.29, 1.82) is 0 Å². The number of hydrogen-bond donors (Lipinski definition) is 0. The molecule has 0 unspecified atom stereocenters. The molecule has 0 saturated carbocycles. The first-order chi connectivity index (χ1) is 6.09. The van der Waals surface area contributed by atoms with E-state index in [4.69, 9.17) is 4.74 Å². The number of hydrogen-bond acceptors (Lipinski definition) is 2. The maximum Gasteiger partial charge on any atom is 0.167 e. The van der Waals surface area contributed by atoms with E-state index in [1.54, 1.807) is 0 Å². The van der Waals surface area contributed by atoms with Crippen molar-refractivity contribution in [1.82, 2.24) is 0 Å². The number of aryl methyl sites for hydroxylation is 1. The minimum atomic E-state index is 0.0398. The number of carbonyl (C=O) groups is 1. The molecule has 0 aliphatic rings. The van der Waals surface area contributed by atoms with Crippen LogP contribution < -0.4 is 4.74 Å². The Morgan fingerprint density at radius 2 is 2.23 bits per heavy atom. The number of ether oxygens (including phenoxy) is 1. The summed E-state index contributed by atoms with van der Waals surface area (Å²) < 4.78 is 6.47. The molecule has 70 valence electrons. The number of benzene rings is 1. The van der Waals surface area contributed by atoms with Crippen molar-refractivity contribution in [2.75, 3.05) is 6.61 Å².